The maximum atomic E-state index is 3.51. The molecule has 1 heteroatoms. The Balaban J connectivity index is 2.60. The fourth-order valence-electron chi connectivity index (χ4n) is 1.95. The molecule has 0 fully saturated rings. The van der Waals surface area contributed by atoms with Crippen LogP contribution in [0.2, 0.25) is 0 Å². The van der Waals surface area contributed by atoms with E-state index in [1.807, 2.05) is 0 Å². The molecule has 0 amide bonds. The summed E-state index contributed by atoms with van der Waals surface area (Å²) in [6, 6.07) is 5.55. The molecular formula is C14H22N. The number of hydrogen-bond acceptors (Lipinski definition) is 1. The maximum Gasteiger partial charge on any atom is 0.0406 e. The predicted octanol–water partition coefficient (Wildman–Crippen LogP) is 4.01. The Morgan fingerprint density at radius 1 is 1.20 bits per heavy atom. The first-order valence-corrected chi connectivity index (χ1v) is 5.89. The van der Waals surface area contributed by atoms with Crippen molar-refractivity contribution in [2.24, 2.45) is 0 Å². The van der Waals surface area contributed by atoms with Crippen molar-refractivity contribution < 1.29 is 0 Å². The third-order valence-corrected chi connectivity index (χ3v) is 2.67. The second-order valence-corrected chi connectivity index (χ2v) is 4.27. The lowest BCUT2D eigenvalue weighted by Crippen LogP contribution is -2.05. The minimum Gasteiger partial charge on any atom is -0.385 e. The molecule has 0 saturated heterocycles. The number of rotatable bonds is 5. The van der Waals surface area contributed by atoms with E-state index < -0.39 is 0 Å². The zero-order valence-corrected chi connectivity index (χ0v) is 10.4. The monoisotopic (exact) mass is 204 g/mol. The van der Waals surface area contributed by atoms with Gasteiger partial charge in [-0.1, -0.05) is 25.8 Å². The topological polar surface area (TPSA) is 12.0 Å². The lowest BCUT2D eigenvalue weighted by molar-refractivity contribution is 0.743. The van der Waals surface area contributed by atoms with Gasteiger partial charge in [-0.3, -0.25) is 0 Å². The Kier molecular flexibility index (Phi) is 4.67. The molecule has 0 aliphatic heterocycles. The van der Waals surface area contributed by atoms with E-state index in [1.165, 1.54) is 41.6 Å². The summed E-state index contributed by atoms with van der Waals surface area (Å²) in [6.45, 7) is 9.70. The van der Waals surface area contributed by atoms with Gasteiger partial charge in [0.15, 0.2) is 0 Å². The molecule has 0 aromatic heterocycles. The van der Waals surface area contributed by atoms with Crippen molar-refractivity contribution in [1.82, 2.24) is 0 Å². The molecule has 1 aromatic rings. The predicted molar refractivity (Wildman–Crippen MR) is 67.5 cm³/mol. The fourth-order valence-corrected chi connectivity index (χ4v) is 1.95. The lowest BCUT2D eigenvalue weighted by atomic mass is 10.0. The summed E-state index contributed by atoms with van der Waals surface area (Å²) in [7, 11) is 0. The Bertz CT molecular complexity index is 292. The van der Waals surface area contributed by atoms with Crippen LogP contribution in [0.5, 0.6) is 0 Å². The number of anilines is 1. The summed E-state index contributed by atoms with van der Waals surface area (Å²) < 4.78 is 0. The van der Waals surface area contributed by atoms with E-state index in [9.17, 15) is 0 Å². The Labute approximate surface area is 93.9 Å². The third-order valence-electron chi connectivity index (χ3n) is 2.67. The minimum absolute atomic E-state index is 1.08. The Morgan fingerprint density at radius 2 is 1.93 bits per heavy atom. The molecule has 1 rings (SSSR count). The van der Waals surface area contributed by atoms with Crippen LogP contribution in [0.3, 0.4) is 0 Å². The highest BCUT2D eigenvalue weighted by atomic mass is 14.9. The molecule has 0 unspecified atom stereocenters. The number of aryl methyl sites for hydroxylation is 3. The quantitative estimate of drug-likeness (QED) is 0.714. The number of nitrogens with one attached hydrogen (secondary N) is 1. The second-order valence-electron chi connectivity index (χ2n) is 4.27. The van der Waals surface area contributed by atoms with Gasteiger partial charge in [0.1, 0.15) is 0 Å². The average Bonchev–Trinajstić information content (AvgIpc) is 2.15. The molecule has 1 radical (unpaired) electrons. The van der Waals surface area contributed by atoms with Crippen LogP contribution in [-0.2, 0) is 0 Å². The summed E-state index contributed by atoms with van der Waals surface area (Å²) in [5, 5.41) is 3.51. The summed E-state index contributed by atoms with van der Waals surface area (Å²) in [5.41, 5.74) is 5.07. The highest BCUT2D eigenvalue weighted by Gasteiger charge is 2.02. The molecule has 0 bridgehead atoms. The molecule has 0 aliphatic carbocycles. The van der Waals surface area contributed by atoms with E-state index in [4.69, 9.17) is 0 Å². The molecule has 0 atom stereocenters. The first-order valence-electron chi connectivity index (χ1n) is 5.89. The van der Waals surface area contributed by atoms with E-state index in [0.717, 1.165) is 6.54 Å². The standard InChI is InChI=1S/C14H22N/c1-5-6-7-8-15-14-12(3)9-11(2)10-13(14)4/h9,15H,5-8H2,1-4H3. The zero-order valence-electron chi connectivity index (χ0n) is 10.4. The maximum absolute atomic E-state index is 3.51. The van der Waals surface area contributed by atoms with Gasteiger partial charge in [-0.25, -0.2) is 0 Å². The van der Waals surface area contributed by atoms with E-state index in [-0.39, 0.29) is 0 Å². The van der Waals surface area contributed by atoms with Crippen molar-refractivity contribution in [2.75, 3.05) is 11.9 Å². The van der Waals surface area contributed by atoms with Crippen LogP contribution in [0.4, 0.5) is 5.69 Å². The largest absolute Gasteiger partial charge is 0.385 e. The third kappa shape index (κ3) is 3.58. The first-order chi connectivity index (χ1) is 7.15. The highest BCUT2D eigenvalue weighted by Crippen LogP contribution is 2.21. The molecule has 0 heterocycles. The molecular weight excluding hydrogens is 182 g/mol. The van der Waals surface area contributed by atoms with Gasteiger partial charge < -0.3 is 5.32 Å². The van der Waals surface area contributed by atoms with Crippen molar-refractivity contribution >= 4 is 5.69 Å². The van der Waals surface area contributed by atoms with Gasteiger partial charge in [-0.15, -0.1) is 0 Å². The number of unbranched alkanes of at least 4 members (excludes halogenated alkanes) is 2. The Hall–Kier alpha value is -0.980. The smallest absolute Gasteiger partial charge is 0.0406 e. The van der Waals surface area contributed by atoms with Crippen LogP contribution >= 0.6 is 0 Å². The van der Waals surface area contributed by atoms with Crippen LogP contribution < -0.4 is 5.32 Å². The number of benzene rings is 1. The normalized spacial score (nSPS) is 10.4. The zero-order chi connectivity index (χ0) is 11.3. The molecule has 0 spiro atoms. The summed E-state index contributed by atoms with van der Waals surface area (Å²) >= 11 is 0. The van der Waals surface area contributed by atoms with E-state index in [0.29, 0.717) is 0 Å². The minimum atomic E-state index is 1.08. The van der Waals surface area contributed by atoms with Crippen molar-refractivity contribution in [3.63, 3.8) is 0 Å². The van der Waals surface area contributed by atoms with Crippen LogP contribution in [0.15, 0.2) is 6.07 Å². The fraction of sp³-hybridized carbons (Fsp3) is 0.571. The van der Waals surface area contributed by atoms with Crippen LogP contribution in [-0.4, -0.2) is 6.54 Å². The molecule has 0 saturated carbocycles. The van der Waals surface area contributed by atoms with Gasteiger partial charge >= 0.3 is 0 Å². The molecule has 15 heavy (non-hydrogen) atoms. The van der Waals surface area contributed by atoms with E-state index in [2.05, 4.69) is 45.1 Å². The molecule has 1 nitrogen and oxygen atoms in total. The van der Waals surface area contributed by atoms with Gasteiger partial charge in [0.25, 0.3) is 0 Å². The lowest BCUT2D eigenvalue weighted by Gasteiger charge is -2.13. The Morgan fingerprint density at radius 3 is 2.53 bits per heavy atom. The van der Waals surface area contributed by atoms with Crippen molar-refractivity contribution in [3.8, 4) is 0 Å². The van der Waals surface area contributed by atoms with Crippen molar-refractivity contribution in [2.45, 2.75) is 47.0 Å². The summed E-state index contributed by atoms with van der Waals surface area (Å²) in [5.74, 6) is 0. The number of hydrogen-bond donors (Lipinski definition) is 1. The summed E-state index contributed by atoms with van der Waals surface area (Å²) in [6.07, 6.45) is 3.84. The van der Waals surface area contributed by atoms with E-state index in [1.54, 1.807) is 0 Å². The van der Waals surface area contributed by atoms with Gasteiger partial charge in [0.05, 0.1) is 0 Å². The first kappa shape index (κ1) is 12.1. The molecule has 0 aliphatic rings. The van der Waals surface area contributed by atoms with E-state index >= 15 is 0 Å². The van der Waals surface area contributed by atoms with Crippen molar-refractivity contribution in [3.05, 3.63) is 28.8 Å². The van der Waals surface area contributed by atoms with Crippen molar-refractivity contribution in [1.29, 1.82) is 0 Å². The van der Waals surface area contributed by atoms with Crippen LogP contribution in [0.25, 0.3) is 0 Å². The average molecular weight is 204 g/mol. The summed E-state index contributed by atoms with van der Waals surface area (Å²) in [4.78, 5) is 0. The van der Waals surface area contributed by atoms with Gasteiger partial charge in [-0.2, -0.15) is 0 Å². The van der Waals surface area contributed by atoms with Crippen LogP contribution in [0, 0.1) is 26.8 Å². The van der Waals surface area contributed by atoms with Gasteiger partial charge in [0.2, 0.25) is 0 Å². The molecule has 1 N–H and O–H groups in total. The molecule has 83 valence electrons. The van der Waals surface area contributed by atoms with Gasteiger partial charge in [0, 0.05) is 12.2 Å². The second kappa shape index (κ2) is 5.79. The molecule has 1 aromatic carbocycles. The SMILES string of the molecule is CCCCCNc1c(C)[c]c(C)cc1C. The highest BCUT2D eigenvalue weighted by molar-refractivity contribution is 5.57. The van der Waals surface area contributed by atoms with Crippen LogP contribution in [0.1, 0.15) is 42.9 Å². The van der Waals surface area contributed by atoms with Gasteiger partial charge in [-0.05, 0) is 49.9 Å².